The number of hydrogen-bond acceptors (Lipinski definition) is 4. The highest BCUT2D eigenvalue weighted by Crippen LogP contribution is 2.14. The molecule has 2 unspecified atom stereocenters. The van der Waals surface area contributed by atoms with E-state index in [9.17, 15) is 9.59 Å². The van der Waals surface area contributed by atoms with Gasteiger partial charge in [0.25, 0.3) is 0 Å². The van der Waals surface area contributed by atoms with Gasteiger partial charge in [-0.3, -0.25) is 4.79 Å². The average Bonchev–Trinajstić information content (AvgIpc) is 2.87. The van der Waals surface area contributed by atoms with E-state index in [0.29, 0.717) is 24.7 Å². The fourth-order valence-corrected chi connectivity index (χ4v) is 2.39. The molecule has 1 aliphatic rings. The molecule has 1 aliphatic heterocycles. The van der Waals surface area contributed by atoms with Gasteiger partial charge in [-0.15, -0.1) is 12.4 Å². The van der Waals surface area contributed by atoms with Crippen molar-refractivity contribution in [2.45, 2.75) is 45.6 Å². The topological polar surface area (TPSA) is 67.4 Å². The summed E-state index contributed by atoms with van der Waals surface area (Å²) in [6.07, 6.45) is 3.12. The smallest absolute Gasteiger partial charge is 0.328 e. The minimum Gasteiger partial charge on any atom is -0.467 e. The van der Waals surface area contributed by atoms with Crippen LogP contribution < -0.4 is 10.6 Å². The number of carbonyl (C=O) groups is 2. The molecule has 20 heavy (non-hydrogen) atoms. The number of carbonyl (C=O) groups excluding carboxylic acids is 2. The zero-order valence-corrected chi connectivity index (χ0v) is 13.4. The predicted molar refractivity (Wildman–Crippen MR) is 80.9 cm³/mol. The normalized spacial score (nSPS) is 19.3. The monoisotopic (exact) mass is 306 g/mol. The fraction of sp³-hybridized carbons (Fsp3) is 0.857. The van der Waals surface area contributed by atoms with Gasteiger partial charge in [0, 0.05) is 6.42 Å². The number of methoxy groups -OCH3 is 1. The molecule has 2 N–H and O–H groups in total. The van der Waals surface area contributed by atoms with Crippen LogP contribution in [0.1, 0.15) is 39.5 Å². The van der Waals surface area contributed by atoms with Crippen molar-refractivity contribution in [1.29, 1.82) is 0 Å². The summed E-state index contributed by atoms with van der Waals surface area (Å²) in [6, 6.07) is -0.515. The molecule has 0 radical (unpaired) electrons. The van der Waals surface area contributed by atoms with E-state index < -0.39 is 6.04 Å². The van der Waals surface area contributed by atoms with Crippen molar-refractivity contribution in [2.75, 3.05) is 20.2 Å². The second-order valence-electron chi connectivity index (χ2n) is 5.67. The molecular weight excluding hydrogens is 280 g/mol. The summed E-state index contributed by atoms with van der Waals surface area (Å²) in [5.74, 6) is 0.517. The number of halogens is 1. The first-order valence-corrected chi connectivity index (χ1v) is 7.10. The van der Waals surface area contributed by atoms with Crippen LogP contribution in [0.2, 0.25) is 0 Å². The third-order valence-electron chi connectivity index (χ3n) is 3.47. The molecule has 0 spiro atoms. The predicted octanol–water partition coefficient (Wildman–Crippen LogP) is 1.50. The second kappa shape index (κ2) is 10.00. The van der Waals surface area contributed by atoms with Crippen molar-refractivity contribution >= 4 is 24.3 Å². The minimum atomic E-state index is -0.515. The van der Waals surface area contributed by atoms with E-state index in [1.807, 2.05) is 13.8 Å². The SMILES string of the molecule is COC(=O)C(CC(C)C)NC(=O)CCC1CCNC1.Cl. The van der Waals surface area contributed by atoms with Crippen LogP contribution in [0, 0.1) is 11.8 Å². The van der Waals surface area contributed by atoms with Crippen molar-refractivity contribution < 1.29 is 14.3 Å². The lowest BCUT2D eigenvalue weighted by Crippen LogP contribution is -2.42. The van der Waals surface area contributed by atoms with Crippen molar-refractivity contribution in [3.05, 3.63) is 0 Å². The van der Waals surface area contributed by atoms with Gasteiger partial charge in [-0.1, -0.05) is 13.8 Å². The Labute approximate surface area is 127 Å². The van der Waals surface area contributed by atoms with Gasteiger partial charge in [0.2, 0.25) is 5.91 Å². The molecule has 1 rings (SSSR count). The second-order valence-corrected chi connectivity index (χ2v) is 5.67. The first kappa shape index (κ1) is 19.2. The number of nitrogens with one attached hydrogen (secondary N) is 2. The summed E-state index contributed by atoms with van der Waals surface area (Å²) < 4.78 is 4.73. The third kappa shape index (κ3) is 7.10. The van der Waals surface area contributed by atoms with Gasteiger partial charge in [-0.05, 0) is 44.2 Å². The van der Waals surface area contributed by atoms with Crippen LogP contribution in [0.15, 0.2) is 0 Å². The molecule has 0 aromatic heterocycles. The van der Waals surface area contributed by atoms with Crippen molar-refractivity contribution in [3.63, 3.8) is 0 Å². The minimum absolute atomic E-state index is 0. The number of rotatable bonds is 7. The summed E-state index contributed by atoms with van der Waals surface area (Å²) in [6.45, 7) is 6.09. The standard InChI is InChI=1S/C14H26N2O3.ClH/c1-10(2)8-12(14(18)19-3)16-13(17)5-4-11-6-7-15-9-11;/h10-12,15H,4-9H2,1-3H3,(H,16,17);1H. The van der Waals surface area contributed by atoms with Crippen LogP contribution in [-0.2, 0) is 14.3 Å². The summed E-state index contributed by atoms with van der Waals surface area (Å²) in [5.41, 5.74) is 0. The van der Waals surface area contributed by atoms with E-state index in [0.717, 1.165) is 25.9 Å². The van der Waals surface area contributed by atoms with Crippen LogP contribution in [0.5, 0.6) is 0 Å². The number of esters is 1. The molecule has 0 aliphatic carbocycles. The van der Waals surface area contributed by atoms with Gasteiger partial charge in [-0.25, -0.2) is 4.79 Å². The Morgan fingerprint density at radius 1 is 1.40 bits per heavy atom. The van der Waals surface area contributed by atoms with E-state index in [1.54, 1.807) is 0 Å². The van der Waals surface area contributed by atoms with E-state index in [4.69, 9.17) is 4.74 Å². The number of ether oxygens (including phenoxy) is 1. The summed E-state index contributed by atoms with van der Waals surface area (Å²) in [4.78, 5) is 23.5. The molecule has 1 heterocycles. The maximum absolute atomic E-state index is 11.9. The van der Waals surface area contributed by atoms with Crippen LogP contribution in [-0.4, -0.2) is 38.1 Å². The Hall–Kier alpha value is -0.810. The zero-order valence-electron chi connectivity index (χ0n) is 12.6. The van der Waals surface area contributed by atoms with Gasteiger partial charge in [0.05, 0.1) is 7.11 Å². The Morgan fingerprint density at radius 2 is 2.10 bits per heavy atom. The molecule has 118 valence electrons. The quantitative estimate of drug-likeness (QED) is 0.700. The fourth-order valence-electron chi connectivity index (χ4n) is 2.39. The summed E-state index contributed by atoms with van der Waals surface area (Å²) in [7, 11) is 1.35. The maximum atomic E-state index is 11.9. The van der Waals surface area contributed by atoms with Crippen LogP contribution >= 0.6 is 12.4 Å². The van der Waals surface area contributed by atoms with Gasteiger partial charge in [0.1, 0.15) is 6.04 Å². The molecule has 1 amide bonds. The Bertz CT molecular complexity index is 305. The van der Waals surface area contributed by atoms with Crippen LogP contribution in [0.25, 0.3) is 0 Å². The molecule has 0 aromatic rings. The molecule has 0 bridgehead atoms. The van der Waals surface area contributed by atoms with E-state index in [-0.39, 0.29) is 24.3 Å². The first-order chi connectivity index (χ1) is 9.02. The zero-order chi connectivity index (χ0) is 14.3. The van der Waals surface area contributed by atoms with E-state index >= 15 is 0 Å². The highest BCUT2D eigenvalue weighted by atomic mass is 35.5. The molecule has 1 fully saturated rings. The lowest BCUT2D eigenvalue weighted by molar-refractivity contribution is -0.145. The molecular formula is C14H27ClN2O3. The molecule has 2 atom stereocenters. The largest absolute Gasteiger partial charge is 0.467 e. The summed E-state index contributed by atoms with van der Waals surface area (Å²) in [5, 5.41) is 6.07. The molecule has 0 saturated carbocycles. The Balaban J connectivity index is 0.00000361. The maximum Gasteiger partial charge on any atom is 0.328 e. The highest BCUT2D eigenvalue weighted by Gasteiger charge is 2.23. The third-order valence-corrected chi connectivity index (χ3v) is 3.47. The molecule has 5 nitrogen and oxygen atoms in total. The first-order valence-electron chi connectivity index (χ1n) is 7.10. The Kier molecular flexibility index (Phi) is 9.59. The molecule has 0 aromatic carbocycles. The van der Waals surface area contributed by atoms with Crippen molar-refractivity contribution in [3.8, 4) is 0 Å². The Morgan fingerprint density at radius 3 is 2.60 bits per heavy atom. The van der Waals surface area contributed by atoms with Gasteiger partial charge >= 0.3 is 5.97 Å². The molecule has 6 heteroatoms. The molecule has 1 saturated heterocycles. The van der Waals surface area contributed by atoms with Crippen LogP contribution in [0.3, 0.4) is 0 Å². The number of amides is 1. The lowest BCUT2D eigenvalue weighted by atomic mass is 10.0. The lowest BCUT2D eigenvalue weighted by Gasteiger charge is -2.18. The van der Waals surface area contributed by atoms with Gasteiger partial charge in [-0.2, -0.15) is 0 Å². The summed E-state index contributed by atoms with van der Waals surface area (Å²) >= 11 is 0. The van der Waals surface area contributed by atoms with E-state index in [1.165, 1.54) is 7.11 Å². The highest BCUT2D eigenvalue weighted by molar-refractivity contribution is 5.85. The van der Waals surface area contributed by atoms with Gasteiger partial charge in [0.15, 0.2) is 0 Å². The van der Waals surface area contributed by atoms with E-state index in [2.05, 4.69) is 10.6 Å². The number of hydrogen-bond donors (Lipinski definition) is 2. The average molecular weight is 307 g/mol. The van der Waals surface area contributed by atoms with Crippen molar-refractivity contribution in [2.24, 2.45) is 11.8 Å². The van der Waals surface area contributed by atoms with Gasteiger partial charge < -0.3 is 15.4 Å². The van der Waals surface area contributed by atoms with Crippen molar-refractivity contribution in [1.82, 2.24) is 10.6 Å². The van der Waals surface area contributed by atoms with Crippen LogP contribution in [0.4, 0.5) is 0 Å².